The maximum Gasteiger partial charge on any atom is 0.328 e. The molecular formula is C20H34O5. The van der Waals surface area contributed by atoms with Crippen molar-refractivity contribution in [2.24, 2.45) is 22.7 Å². The molecule has 4 N–H and O–H groups in total. The first-order valence-corrected chi connectivity index (χ1v) is 9.35. The summed E-state index contributed by atoms with van der Waals surface area (Å²) in [6.07, 6.45) is 2.90. The van der Waals surface area contributed by atoms with E-state index in [4.69, 9.17) is 5.11 Å². The van der Waals surface area contributed by atoms with Crippen LogP contribution in [0.3, 0.4) is 0 Å². The molecule has 2 saturated carbocycles. The third-order valence-corrected chi connectivity index (χ3v) is 7.79. The highest BCUT2D eigenvalue weighted by Crippen LogP contribution is 2.64. The fourth-order valence-corrected chi connectivity index (χ4v) is 5.48. The van der Waals surface area contributed by atoms with Crippen molar-refractivity contribution in [1.29, 1.82) is 0 Å². The van der Waals surface area contributed by atoms with Gasteiger partial charge in [0, 0.05) is 11.5 Å². The van der Waals surface area contributed by atoms with E-state index in [1.165, 1.54) is 6.08 Å². The van der Waals surface area contributed by atoms with E-state index >= 15 is 0 Å². The number of allylic oxidation sites excluding steroid dienone is 1. The zero-order valence-electron chi connectivity index (χ0n) is 16.1. The molecule has 144 valence electrons. The lowest BCUT2D eigenvalue weighted by Crippen LogP contribution is -2.68. The van der Waals surface area contributed by atoms with Crippen molar-refractivity contribution >= 4 is 5.97 Å². The van der Waals surface area contributed by atoms with E-state index in [9.17, 15) is 20.1 Å². The van der Waals surface area contributed by atoms with Crippen LogP contribution in [0.4, 0.5) is 0 Å². The van der Waals surface area contributed by atoms with Crippen LogP contribution in [0.1, 0.15) is 66.7 Å². The van der Waals surface area contributed by atoms with Gasteiger partial charge in [-0.05, 0) is 63.2 Å². The Morgan fingerprint density at radius 3 is 2.40 bits per heavy atom. The fraction of sp³-hybridized carbons (Fsp3) is 0.850. The van der Waals surface area contributed by atoms with Gasteiger partial charge in [-0.2, -0.15) is 0 Å². The van der Waals surface area contributed by atoms with Gasteiger partial charge in [0.1, 0.15) is 6.10 Å². The van der Waals surface area contributed by atoms with Gasteiger partial charge in [-0.25, -0.2) is 4.79 Å². The Morgan fingerprint density at radius 1 is 1.24 bits per heavy atom. The summed E-state index contributed by atoms with van der Waals surface area (Å²) >= 11 is 0. The number of aliphatic carboxylic acids is 1. The van der Waals surface area contributed by atoms with Gasteiger partial charge in [0.15, 0.2) is 0 Å². The molecule has 7 unspecified atom stereocenters. The van der Waals surface area contributed by atoms with Crippen molar-refractivity contribution in [3.63, 3.8) is 0 Å². The van der Waals surface area contributed by atoms with Gasteiger partial charge in [0.2, 0.25) is 0 Å². The van der Waals surface area contributed by atoms with E-state index in [0.29, 0.717) is 18.8 Å². The van der Waals surface area contributed by atoms with E-state index in [2.05, 4.69) is 13.8 Å². The molecule has 0 amide bonds. The number of carboxylic acids is 1. The average Bonchev–Trinajstić information content (AvgIpc) is 2.50. The SMILES string of the molecule is CC(=CC(=O)O)CCC1(C)C(C)CCC2(C)C1CC(O)C(O)C2(C)O. The second-order valence-electron chi connectivity index (χ2n) is 9.14. The van der Waals surface area contributed by atoms with E-state index in [-0.39, 0.29) is 11.3 Å². The molecule has 0 aromatic heterocycles. The molecule has 0 aromatic carbocycles. The number of aliphatic hydroxyl groups is 3. The molecule has 2 aliphatic carbocycles. The van der Waals surface area contributed by atoms with Gasteiger partial charge in [-0.3, -0.25) is 0 Å². The second kappa shape index (κ2) is 6.67. The van der Waals surface area contributed by atoms with Gasteiger partial charge >= 0.3 is 5.97 Å². The van der Waals surface area contributed by atoms with Crippen molar-refractivity contribution in [3.8, 4) is 0 Å². The molecule has 0 spiro atoms. The number of carboxylic acid groups (broad SMARTS) is 1. The summed E-state index contributed by atoms with van der Waals surface area (Å²) in [5.74, 6) is -0.459. The zero-order chi connectivity index (χ0) is 19.2. The molecule has 0 aromatic rings. The molecule has 5 heteroatoms. The third kappa shape index (κ3) is 3.26. The normalized spacial score (nSPS) is 48.1. The van der Waals surface area contributed by atoms with Gasteiger partial charge in [-0.15, -0.1) is 0 Å². The lowest BCUT2D eigenvalue weighted by molar-refractivity contribution is -0.263. The van der Waals surface area contributed by atoms with E-state index < -0.39 is 29.2 Å². The Morgan fingerprint density at radius 2 is 1.84 bits per heavy atom. The molecule has 7 atom stereocenters. The van der Waals surface area contributed by atoms with Crippen LogP contribution in [0, 0.1) is 22.7 Å². The van der Waals surface area contributed by atoms with Crippen LogP contribution in [-0.2, 0) is 4.79 Å². The van der Waals surface area contributed by atoms with Crippen molar-refractivity contribution in [3.05, 3.63) is 11.6 Å². The Hall–Kier alpha value is -0.910. The number of hydrogen-bond acceptors (Lipinski definition) is 4. The van der Waals surface area contributed by atoms with Gasteiger partial charge in [0.05, 0.1) is 11.7 Å². The summed E-state index contributed by atoms with van der Waals surface area (Å²) in [6, 6.07) is 0. The Labute approximate surface area is 150 Å². The number of fused-ring (bicyclic) bond motifs is 1. The fourth-order valence-electron chi connectivity index (χ4n) is 5.48. The van der Waals surface area contributed by atoms with Crippen molar-refractivity contribution < 1.29 is 25.2 Å². The largest absolute Gasteiger partial charge is 0.478 e. The minimum absolute atomic E-state index is 0.0646. The topological polar surface area (TPSA) is 98.0 Å². The summed E-state index contributed by atoms with van der Waals surface area (Å²) in [4.78, 5) is 10.9. The highest BCUT2D eigenvalue weighted by molar-refractivity contribution is 5.80. The van der Waals surface area contributed by atoms with Gasteiger partial charge in [0.25, 0.3) is 0 Å². The first-order valence-electron chi connectivity index (χ1n) is 9.35. The zero-order valence-corrected chi connectivity index (χ0v) is 16.1. The first-order chi connectivity index (χ1) is 11.4. The quantitative estimate of drug-likeness (QED) is 0.582. The van der Waals surface area contributed by atoms with Gasteiger partial charge < -0.3 is 20.4 Å². The van der Waals surface area contributed by atoms with Crippen LogP contribution in [0.15, 0.2) is 11.6 Å². The molecule has 25 heavy (non-hydrogen) atoms. The number of aliphatic hydroxyl groups excluding tert-OH is 2. The molecule has 2 aliphatic rings. The Balaban J connectivity index is 2.35. The van der Waals surface area contributed by atoms with E-state index in [1.54, 1.807) is 6.92 Å². The monoisotopic (exact) mass is 354 g/mol. The molecule has 0 heterocycles. The smallest absolute Gasteiger partial charge is 0.328 e. The summed E-state index contributed by atoms with van der Waals surface area (Å²) < 4.78 is 0. The molecule has 5 nitrogen and oxygen atoms in total. The molecule has 0 radical (unpaired) electrons. The lowest BCUT2D eigenvalue weighted by Gasteiger charge is -2.64. The lowest BCUT2D eigenvalue weighted by atomic mass is 9.43. The molecule has 2 fully saturated rings. The first kappa shape index (κ1) is 20.4. The van der Waals surface area contributed by atoms with Crippen molar-refractivity contribution in [2.75, 3.05) is 0 Å². The standard InChI is InChI=1S/C20H34O5/c1-12(10-16(22)23)6-8-18(3)13(2)7-9-19(4)15(18)11-14(21)17(24)20(19,5)25/h10,13-15,17,21,24-25H,6-9,11H2,1-5H3,(H,22,23). The summed E-state index contributed by atoms with van der Waals surface area (Å²) in [5.41, 5.74) is -1.12. The molecule has 0 saturated heterocycles. The molecular weight excluding hydrogens is 320 g/mol. The summed E-state index contributed by atoms with van der Waals surface area (Å²) in [6.45, 7) is 9.94. The van der Waals surface area contributed by atoms with E-state index in [1.807, 2.05) is 13.8 Å². The summed E-state index contributed by atoms with van der Waals surface area (Å²) in [5, 5.41) is 40.8. The van der Waals surface area contributed by atoms with Gasteiger partial charge in [-0.1, -0.05) is 26.3 Å². The minimum Gasteiger partial charge on any atom is -0.478 e. The van der Waals surface area contributed by atoms with Crippen LogP contribution >= 0.6 is 0 Å². The Bertz CT molecular complexity index is 554. The maximum atomic E-state index is 11.1. The highest BCUT2D eigenvalue weighted by Gasteiger charge is 2.64. The molecule has 0 aliphatic heterocycles. The van der Waals surface area contributed by atoms with Crippen LogP contribution < -0.4 is 0 Å². The molecule has 2 rings (SSSR count). The van der Waals surface area contributed by atoms with Crippen LogP contribution in [0.5, 0.6) is 0 Å². The predicted octanol–water partition coefficient (Wildman–Crippen LogP) is 2.73. The minimum atomic E-state index is -1.34. The highest BCUT2D eigenvalue weighted by atomic mass is 16.4. The number of rotatable bonds is 4. The third-order valence-electron chi connectivity index (χ3n) is 7.79. The van der Waals surface area contributed by atoms with E-state index in [0.717, 1.165) is 24.8 Å². The number of hydrogen-bond donors (Lipinski definition) is 4. The van der Waals surface area contributed by atoms with Crippen LogP contribution in [-0.4, -0.2) is 44.2 Å². The van der Waals surface area contributed by atoms with Crippen molar-refractivity contribution in [1.82, 2.24) is 0 Å². The predicted molar refractivity (Wildman–Crippen MR) is 96.0 cm³/mol. The summed E-state index contributed by atoms with van der Waals surface area (Å²) in [7, 11) is 0. The second-order valence-corrected chi connectivity index (χ2v) is 9.14. The maximum absolute atomic E-state index is 11.1. The molecule has 0 bridgehead atoms. The van der Waals surface area contributed by atoms with Crippen molar-refractivity contribution in [2.45, 2.75) is 84.5 Å². The Kier molecular flexibility index (Phi) is 5.45. The number of carbonyl (C=O) groups is 1. The van der Waals surface area contributed by atoms with Crippen LogP contribution in [0.25, 0.3) is 0 Å². The average molecular weight is 354 g/mol. The van der Waals surface area contributed by atoms with Crippen LogP contribution in [0.2, 0.25) is 0 Å².